The quantitative estimate of drug-likeness (QED) is 0.628. The Morgan fingerprint density at radius 2 is 2.29 bits per heavy atom. The van der Waals surface area contributed by atoms with Gasteiger partial charge in [-0.3, -0.25) is 4.79 Å². The van der Waals surface area contributed by atoms with Gasteiger partial charge >= 0.3 is 0 Å². The summed E-state index contributed by atoms with van der Waals surface area (Å²) in [5, 5.41) is 5.33. The monoisotopic (exact) mass is 190 g/mol. The van der Waals surface area contributed by atoms with E-state index in [0.717, 1.165) is 6.42 Å². The van der Waals surface area contributed by atoms with Crippen molar-refractivity contribution in [3.63, 3.8) is 0 Å². The molecule has 3 heteroatoms. The Kier molecular flexibility index (Phi) is 4.41. The summed E-state index contributed by atoms with van der Waals surface area (Å²) in [4.78, 5) is 11.5. The van der Waals surface area contributed by atoms with Crippen LogP contribution in [0, 0.1) is 0 Å². The minimum absolute atomic E-state index is 0.0132. The predicted molar refractivity (Wildman–Crippen MR) is 57.7 cm³/mol. The Morgan fingerprint density at radius 1 is 1.43 bits per heavy atom. The highest BCUT2D eigenvalue weighted by Crippen LogP contribution is 2.02. The molecule has 0 saturated heterocycles. The van der Waals surface area contributed by atoms with Crippen molar-refractivity contribution in [3.05, 3.63) is 36.6 Å². The lowest BCUT2D eigenvalue weighted by Crippen LogP contribution is -2.19. The van der Waals surface area contributed by atoms with E-state index in [-0.39, 0.29) is 5.91 Å². The molecule has 14 heavy (non-hydrogen) atoms. The smallest absolute Gasteiger partial charge is 0.247 e. The minimum Gasteiger partial charge on any atom is -0.273 e. The molecule has 3 nitrogen and oxygen atoms in total. The van der Waals surface area contributed by atoms with Gasteiger partial charge in [-0.25, -0.2) is 5.01 Å². The summed E-state index contributed by atoms with van der Waals surface area (Å²) >= 11 is 0. The third kappa shape index (κ3) is 3.39. The summed E-state index contributed by atoms with van der Waals surface area (Å²) in [5.41, 5.74) is 0. The molecule has 1 amide bonds. The summed E-state index contributed by atoms with van der Waals surface area (Å²) in [5.74, 6) is 0.0132. The highest BCUT2D eigenvalue weighted by molar-refractivity contribution is 5.80. The van der Waals surface area contributed by atoms with Crippen molar-refractivity contribution in [1.29, 1.82) is 0 Å². The fourth-order valence-electron chi connectivity index (χ4n) is 1.03. The molecule has 0 aromatic rings. The number of carbonyl (C=O) groups is 1. The SMILES string of the molecule is C/C=C/CCC(=O)N1C=CC=CC=N1. The number of hydrazone groups is 1. The molecular formula is C11H14N2O. The zero-order chi connectivity index (χ0) is 10.2. The van der Waals surface area contributed by atoms with Crippen LogP contribution in [-0.2, 0) is 4.79 Å². The molecule has 1 aliphatic heterocycles. The van der Waals surface area contributed by atoms with Crippen molar-refractivity contribution in [2.75, 3.05) is 0 Å². The Bertz CT molecular complexity index is 284. The van der Waals surface area contributed by atoms with E-state index in [9.17, 15) is 4.79 Å². The average Bonchev–Trinajstić information content (AvgIpc) is 2.46. The summed E-state index contributed by atoms with van der Waals surface area (Å²) in [6, 6.07) is 0. The largest absolute Gasteiger partial charge is 0.273 e. The van der Waals surface area contributed by atoms with Crippen molar-refractivity contribution in [1.82, 2.24) is 5.01 Å². The summed E-state index contributed by atoms with van der Waals surface area (Å²) < 4.78 is 0. The first-order valence-electron chi connectivity index (χ1n) is 4.65. The molecule has 1 rings (SSSR count). The van der Waals surface area contributed by atoms with Crippen LogP contribution in [0.5, 0.6) is 0 Å². The maximum absolute atomic E-state index is 11.5. The van der Waals surface area contributed by atoms with Crippen molar-refractivity contribution >= 4 is 12.1 Å². The number of rotatable bonds is 3. The van der Waals surface area contributed by atoms with E-state index in [1.807, 2.05) is 25.2 Å². The molecule has 0 aromatic carbocycles. The molecule has 0 N–H and O–H groups in total. The molecule has 0 fully saturated rings. The molecule has 0 radical (unpaired) electrons. The van der Waals surface area contributed by atoms with Crippen LogP contribution in [0.15, 0.2) is 41.7 Å². The molecule has 74 valence electrons. The third-order valence-corrected chi connectivity index (χ3v) is 1.74. The van der Waals surface area contributed by atoms with E-state index < -0.39 is 0 Å². The first kappa shape index (κ1) is 10.4. The van der Waals surface area contributed by atoms with Gasteiger partial charge in [0.1, 0.15) is 0 Å². The zero-order valence-corrected chi connectivity index (χ0v) is 8.26. The molecule has 0 atom stereocenters. The highest BCUT2D eigenvalue weighted by Gasteiger charge is 2.07. The molecule has 0 spiro atoms. The molecule has 0 aromatic heterocycles. The number of allylic oxidation sites excluding steroid dienone is 5. The van der Waals surface area contributed by atoms with Gasteiger partial charge in [0.05, 0.1) is 0 Å². The van der Waals surface area contributed by atoms with E-state index in [2.05, 4.69) is 5.10 Å². The van der Waals surface area contributed by atoms with Crippen LogP contribution in [0.25, 0.3) is 0 Å². The predicted octanol–water partition coefficient (Wildman–Crippen LogP) is 2.24. The normalized spacial score (nSPS) is 15.1. The standard InChI is InChI=1S/C11H14N2O/c1-2-3-5-8-11(14)13-10-7-4-6-9-12-13/h2-4,6-7,9-10H,5,8H2,1H3/b3-2+. The van der Waals surface area contributed by atoms with Gasteiger partial charge in [-0.15, -0.1) is 0 Å². The topological polar surface area (TPSA) is 32.7 Å². The first-order chi connectivity index (χ1) is 6.84. The van der Waals surface area contributed by atoms with Crippen LogP contribution in [0.1, 0.15) is 19.8 Å². The minimum atomic E-state index is 0.0132. The zero-order valence-electron chi connectivity index (χ0n) is 8.26. The number of nitrogens with zero attached hydrogens (tertiary/aromatic N) is 2. The van der Waals surface area contributed by atoms with Crippen molar-refractivity contribution in [2.24, 2.45) is 5.10 Å². The molecule has 0 unspecified atom stereocenters. The summed E-state index contributed by atoms with van der Waals surface area (Å²) in [6.07, 6.45) is 13.9. The number of amides is 1. The third-order valence-electron chi connectivity index (χ3n) is 1.74. The van der Waals surface area contributed by atoms with E-state index in [4.69, 9.17) is 0 Å². The lowest BCUT2D eigenvalue weighted by molar-refractivity contribution is -0.128. The summed E-state index contributed by atoms with van der Waals surface area (Å²) in [6.45, 7) is 1.94. The molecule has 0 bridgehead atoms. The second-order valence-corrected chi connectivity index (χ2v) is 2.84. The number of carbonyl (C=O) groups excluding carboxylic acids is 1. The van der Waals surface area contributed by atoms with Gasteiger partial charge in [0.2, 0.25) is 5.91 Å². The van der Waals surface area contributed by atoms with Crippen LogP contribution < -0.4 is 0 Å². The number of hydrogen-bond acceptors (Lipinski definition) is 2. The van der Waals surface area contributed by atoms with Gasteiger partial charge < -0.3 is 0 Å². The second kappa shape index (κ2) is 5.91. The average molecular weight is 190 g/mol. The maximum Gasteiger partial charge on any atom is 0.247 e. The van der Waals surface area contributed by atoms with Gasteiger partial charge in [-0.1, -0.05) is 18.2 Å². The Hall–Kier alpha value is -1.64. The fourth-order valence-corrected chi connectivity index (χ4v) is 1.03. The Balaban J connectivity index is 2.44. The molecule has 1 heterocycles. The van der Waals surface area contributed by atoms with E-state index in [1.54, 1.807) is 24.6 Å². The molecular weight excluding hydrogens is 176 g/mol. The van der Waals surface area contributed by atoms with Crippen LogP contribution in [0.3, 0.4) is 0 Å². The van der Waals surface area contributed by atoms with Crippen molar-refractivity contribution in [2.45, 2.75) is 19.8 Å². The van der Waals surface area contributed by atoms with E-state index >= 15 is 0 Å². The van der Waals surface area contributed by atoms with Gasteiger partial charge in [-0.2, -0.15) is 5.10 Å². The van der Waals surface area contributed by atoms with Crippen molar-refractivity contribution < 1.29 is 4.79 Å². The van der Waals surface area contributed by atoms with Gasteiger partial charge in [-0.05, 0) is 25.5 Å². The number of hydrogen-bond donors (Lipinski definition) is 0. The van der Waals surface area contributed by atoms with Crippen LogP contribution in [0.2, 0.25) is 0 Å². The lowest BCUT2D eigenvalue weighted by Gasteiger charge is -2.09. The first-order valence-corrected chi connectivity index (χ1v) is 4.65. The maximum atomic E-state index is 11.5. The van der Waals surface area contributed by atoms with Gasteiger partial charge in [0.15, 0.2) is 0 Å². The lowest BCUT2D eigenvalue weighted by atomic mass is 10.3. The second-order valence-electron chi connectivity index (χ2n) is 2.84. The molecule has 0 aliphatic carbocycles. The van der Waals surface area contributed by atoms with Crippen LogP contribution >= 0.6 is 0 Å². The van der Waals surface area contributed by atoms with Gasteiger partial charge in [0.25, 0.3) is 0 Å². The Morgan fingerprint density at radius 3 is 3.07 bits per heavy atom. The highest BCUT2D eigenvalue weighted by atomic mass is 16.2. The van der Waals surface area contributed by atoms with Crippen LogP contribution in [-0.4, -0.2) is 17.1 Å². The van der Waals surface area contributed by atoms with Gasteiger partial charge in [0, 0.05) is 18.8 Å². The fraction of sp³-hybridized carbons (Fsp3) is 0.273. The van der Waals surface area contributed by atoms with Crippen molar-refractivity contribution in [3.8, 4) is 0 Å². The van der Waals surface area contributed by atoms with Crippen LogP contribution in [0.4, 0.5) is 0 Å². The molecule has 1 aliphatic rings. The molecule has 0 saturated carbocycles. The van der Waals surface area contributed by atoms with E-state index in [1.165, 1.54) is 5.01 Å². The van der Waals surface area contributed by atoms with E-state index in [0.29, 0.717) is 6.42 Å². The Labute approximate surface area is 84.1 Å². The summed E-state index contributed by atoms with van der Waals surface area (Å²) in [7, 11) is 0.